The number of hydrogen-bond acceptors (Lipinski definition) is 4. The maximum absolute atomic E-state index is 13.3. The summed E-state index contributed by atoms with van der Waals surface area (Å²) in [5.41, 5.74) is 4.19. The molecule has 0 aliphatic carbocycles. The second-order valence-electron chi connectivity index (χ2n) is 10.3. The van der Waals surface area contributed by atoms with Crippen molar-refractivity contribution in [3.05, 3.63) is 57.9 Å². The molecule has 0 saturated carbocycles. The highest BCUT2D eigenvalue weighted by molar-refractivity contribution is 6.31. The third kappa shape index (κ3) is 4.51. The van der Waals surface area contributed by atoms with Gasteiger partial charge in [-0.15, -0.1) is 0 Å². The Kier molecular flexibility index (Phi) is 6.27. The van der Waals surface area contributed by atoms with Gasteiger partial charge in [-0.2, -0.15) is 0 Å². The van der Waals surface area contributed by atoms with Crippen LogP contribution >= 0.6 is 11.6 Å². The fraction of sp³-hybridized carbons (Fsp3) is 0.500. The summed E-state index contributed by atoms with van der Waals surface area (Å²) in [7, 11) is 0. The number of pyridine rings is 1. The molecular formula is C26H33ClN4O2. The van der Waals surface area contributed by atoms with Crippen LogP contribution in [0, 0.1) is 31.6 Å². The second kappa shape index (κ2) is 8.73. The van der Waals surface area contributed by atoms with E-state index in [9.17, 15) is 9.59 Å². The summed E-state index contributed by atoms with van der Waals surface area (Å²) in [6, 6.07) is 7.47. The van der Waals surface area contributed by atoms with E-state index in [0.29, 0.717) is 18.0 Å². The minimum absolute atomic E-state index is 0.00631. The predicted octanol–water partition coefficient (Wildman–Crippen LogP) is 4.47. The van der Waals surface area contributed by atoms with Crippen molar-refractivity contribution < 1.29 is 9.59 Å². The Labute approximate surface area is 201 Å². The van der Waals surface area contributed by atoms with E-state index >= 15 is 0 Å². The molecule has 1 N–H and O–H groups in total. The molecule has 6 nitrogen and oxygen atoms in total. The van der Waals surface area contributed by atoms with Crippen LogP contribution in [0.15, 0.2) is 30.5 Å². The quantitative estimate of drug-likeness (QED) is 0.703. The molecule has 4 rings (SSSR count). The van der Waals surface area contributed by atoms with Crippen LogP contribution < -0.4 is 5.32 Å². The van der Waals surface area contributed by atoms with E-state index < -0.39 is 0 Å². The van der Waals surface area contributed by atoms with E-state index in [0.717, 1.165) is 54.3 Å². The highest BCUT2D eigenvalue weighted by Gasteiger charge is 2.58. The van der Waals surface area contributed by atoms with Gasteiger partial charge in [0, 0.05) is 66.9 Å². The van der Waals surface area contributed by atoms with Crippen LogP contribution in [0.3, 0.4) is 0 Å². The second-order valence-corrected chi connectivity index (χ2v) is 10.8. The van der Waals surface area contributed by atoms with Gasteiger partial charge in [-0.1, -0.05) is 31.5 Å². The zero-order valence-electron chi connectivity index (χ0n) is 20.2. The van der Waals surface area contributed by atoms with Crippen LogP contribution in [0.25, 0.3) is 0 Å². The number of carbonyl (C=O) groups is 2. The lowest BCUT2D eigenvalue weighted by Gasteiger charge is -2.30. The summed E-state index contributed by atoms with van der Waals surface area (Å²) < 4.78 is 0. The lowest BCUT2D eigenvalue weighted by molar-refractivity contribution is -0.116. The minimum atomic E-state index is -0.0124. The van der Waals surface area contributed by atoms with E-state index in [1.807, 2.05) is 43.9 Å². The number of benzene rings is 1. The molecule has 2 fully saturated rings. The standard InChI is InChI=1S/C26H33ClN4O2/c1-17-6-7-20(12-21(17)27)29-22(32)9-11-30-13-25(4)15-31(16-26(25,5)14-30)24(33)23-18(2)8-10-28-19(23)3/h6-8,10,12H,9,11,13-16H2,1-5H3,(H,29,32). The van der Waals surface area contributed by atoms with Gasteiger partial charge in [0.15, 0.2) is 0 Å². The van der Waals surface area contributed by atoms with Crippen molar-refractivity contribution in [2.45, 2.75) is 41.0 Å². The zero-order chi connectivity index (χ0) is 24.0. The monoisotopic (exact) mass is 468 g/mol. The van der Waals surface area contributed by atoms with E-state index in [-0.39, 0.29) is 22.6 Å². The number of aryl methyl sites for hydroxylation is 3. The number of rotatable bonds is 5. The third-order valence-corrected chi connectivity index (χ3v) is 8.05. The molecule has 33 heavy (non-hydrogen) atoms. The van der Waals surface area contributed by atoms with E-state index in [2.05, 4.69) is 29.0 Å². The topological polar surface area (TPSA) is 65.5 Å². The van der Waals surface area contributed by atoms with Gasteiger partial charge in [-0.05, 0) is 50.1 Å². The Balaban J connectivity index is 1.35. The molecule has 3 heterocycles. The summed E-state index contributed by atoms with van der Waals surface area (Å²) in [6.07, 6.45) is 2.18. The highest BCUT2D eigenvalue weighted by atomic mass is 35.5. The summed E-state index contributed by atoms with van der Waals surface area (Å²) in [6.45, 7) is 14.3. The van der Waals surface area contributed by atoms with Crippen molar-refractivity contribution in [2.75, 3.05) is 38.0 Å². The van der Waals surface area contributed by atoms with Gasteiger partial charge >= 0.3 is 0 Å². The number of fused-ring (bicyclic) bond motifs is 1. The Morgan fingerprint density at radius 2 is 1.70 bits per heavy atom. The Morgan fingerprint density at radius 1 is 1.03 bits per heavy atom. The first kappa shape index (κ1) is 23.7. The van der Waals surface area contributed by atoms with Gasteiger partial charge in [-0.25, -0.2) is 0 Å². The van der Waals surface area contributed by atoms with Crippen molar-refractivity contribution in [2.24, 2.45) is 10.8 Å². The van der Waals surface area contributed by atoms with E-state index in [1.54, 1.807) is 12.3 Å². The van der Waals surface area contributed by atoms with Crippen molar-refractivity contribution >= 4 is 29.1 Å². The van der Waals surface area contributed by atoms with Crippen LogP contribution in [0.5, 0.6) is 0 Å². The smallest absolute Gasteiger partial charge is 0.256 e. The number of amides is 2. The molecular weight excluding hydrogens is 436 g/mol. The van der Waals surface area contributed by atoms with Crippen molar-refractivity contribution in [3.63, 3.8) is 0 Å². The van der Waals surface area contributed by atoms with Gasteiger partial charge in [-0.3, -0.25) is 14.6 Å². The maximum Gasteiger partial charge on any atom is 0.256 e. The fourth-order valence-corrected chi connectivity index (χ4v) is 5.62. The molecule has 0 radical (unpaired) electrons. The lowest BCUT2D eigenvalue weighted by atomic mass is 9.71. The van der Waals surface area contributed by atoms with Gasteiger partial charge in [0.25, 0.3) is 5.91 Å². The molecule has 2 aliphatic heterocycles. The van der Waals surface area contributed by atoms with E-state index in [4.69, 9.17) is 11.6 Å². The van der Waals surface area contributed by atoms with Gasteiger partial charge in [0.05, 0.1) is 11.3 Å². The maximum atomic E-state index is 13.3. The van der Waals surface area contributed by atoms with Crippen LogP contribution in [0.4, 0.5) is 5.69 Å². The number of likely N-dealkylation sites (tertiary alicyclic amines) is 2. The minimum Gasteiger partial charge on any atom is -0.337 e. The molecule has 1 aromatic carbocycles. The Hall–Kier alpha value is -2.44. The number of anilines is 1. The average molecular weight is 469 g/mol. The van der Waals surface area contributed by atoms with Gasteiger partial charge in [0.1, 0.15) is 0 Å². The number of carbonyl (C=O) groups excluding carboxylic acids is 2. The molecule has 2 aliphatic rings. The first-order valence-electron chi connectivity index (χ1n) is 11.5. The molecule has 2 amide bonds. The molecule has 0 spiro atoms. The average Bonchev–Trinajstić information content (AvgIpc) is 3.13. The number of nitrogens with zero attached hydrogens (tertiary/aromatic N) is 3. The van der Waals surface area contributed by atoms with Crippen molar-refractivity contribution in [1.29, 1.82) is 0 Å². The molecule has 0 bridgehead atoms. The van der Waals surface area contributed by atoms with E-state index in [1.165, 1.54) is 0 Å². The summed E-state index contributed by atoms with van der Waals surface area (Å²) in [5, 5.41) is 3.60. The molecule has 1 aromatic heterocycles. The van der Waals surface area contributed by atoms with Crippen LogP contribution in [-0.2, 0) is 4.79 Å². The lowest BCUT2D eigenvalue weighted by Crippen LogP contribution is -2.37. The number of aromatic nitrogens is 1. The predicted molar refractivity (Wildman–Crippen MR) is 132 cm³/mol. The number of hydrogen-bond donors (Lipinski definition) is 1. The summed E-state index contributed by atoms with van der Waals surface area (Å²) in [4.78, 5) is 34.5. The summed E-state index contributed by atoms with van der Waals surface area (Å²) in [5.74, 6) is 0.0688. The van der Waals surface area contributed by atoms with Gasteiger partial charge < -0.3 is 15.1 Å². The van der Waals surface area contributed by atoms with Crippen LogP contribution in [0.2, 0.25) is 5.02 Å². The number of halogens is 1. The van der Waals surface area contributed by atoms with Crippen molar-refractivity contribution in [3.8, 4) is 0 Å². The fourth-order valence-electron chi connectivity index (χ4n) is 5.44. The molecule has 176 valence electrons. The highest BCUT2D eigenvalue weighted by Crippen LogP contribution is 2.51. The first-order valence-corrected chi connectivity index (χ1v) is 11.9. The van der Waals surface area contributed by atoms with Crippen molar-refractivity contribution in [1.82, 2.24) is 14.8 Å². The third-order valence-electron chi connectivity index (χ3n) is 7.64. The molecule has 2 aromatic rings. The summed E-state index contributed by atoms with van der Waals surface area (Å²) >= 11 is 6.16. The molecule has 2 unspecified atom stereocenters. The number of nitrogens with one attached hydrogen (secondary N) is 1. The normalized spacial score (nSPS) is 24.7. The Morgan fingerprint density at radius 3 is 2.30 bits per heavy atom. The molecule has 2 atom stereocenters. The van der Waals surface area contributed by atoms with Crippen LogP contribution in [-0.4, -0.2) is 59.3 Å². The van der Waals surface area contributed by atoms with Crippen LogP contribution in [0.1, 0.15) is 47.4 Å². The molecule has 2 saturated heterocycles. The van der Waals surface area contributed by atoms with Gasteiger partial charge in [0.2, 0.25) is 5.91 Å². The zero-order valence-corrected chi connectivity index (χ0v) is 20.9. The SMILES string of the molecule is Cc1ccc(NC(=O)CCN2CC3(C)CN(C(=O)c4c(C)ccnc4C)CC3(C)C2)cc1Cl. The first-order chi connectivity index (χ1) is 15.5. The Bertz CT molecular complexity index is 1060. The largest absolute Gasteiger partial charge is 0.337 e. The molecule has 7 heteroatoms.